The molecule has 0 spiro atoms. The fraction of sp³-hybridized carbons (Fsp3) is 0.286. The van der Waals surface area contributed by atoms with Gasteiger partial charge < -0.3 is 0 Å². The van der Waals surface area contributed by atoms with Crippen LogP contribution in [0.25, 0.3) is 0 Å². The van der Waals surface area contributed by atoms with Gasteiger partial charge in [0, 0.05) is 15.3 Å². The fourth-order valence-corrected chi connectivity index (χ4v) is 1.50. The molecule has 0 N–H and O–H groups in total. The molecule has 0 bridgehead atoms. The van der Waals surface area contributed by atoms with Crippen molar-refractivity contribution in [3.63, 3.8) is 0 Å². The number of alkyl halides is 3. The minimum Gasteiger partial charge on any atom is -0.254 e. The number of hydrogen-bond donors (Lipinski definition) is 0. The van der Waals surface area contributed by atoms with Crippen LogP contribution in [0.1, 0.15) is 17.7 Å². The average Bonchev–Trinajstić information content (AvgIpc) is 2.03. The van der Waals surface area contributed by atoms with E-state index < -0.39 is 13.1 Å². The zero-order valence-electron chi connectivity index (χ0n) is 5.90. The smallest absolute Gasteiger partial charge is 0.254 e. The lowest BCUT2D eigenvalue weighted by Gasteiger charge is -2.02. The Balaban J connectivity index is 3.03. The third kappa shape index (κ3) is 2.09. The van der Waals surface area contributed by atoms with Crippen molar-refractivity contribution in [1.29, 1.82) is 0 Å². The maximum Gasteiger partial charge on any atom is 0.281 e. The van der Waals surface area contributed by atoms with Crippen LogP contribution in [0.5, 0.6) is 0 Å². The Labute approximate surface area is 81.1 Å². The van der Waals surface area contributed by atoms with Gasteiger partial charge in [-0.05, 0) is 28.7 Å². The molecule has 0 atom stereocenters. The van der Waals surface area contributed by atoms with Gasteiger partial charge in [-0.25, -0.2) is 13.2 Å². The summed E-state index contributed by atoms with van der Waals surface area (Å²) in [5.41, 5.74) is 0.0385. The van der Waals surface area contributed by atoms with Crippen LogP contribution in [0.4, 0.5) is 13.2 Å². The van der Waals surface area contributed by atoms with Crippen molar-refractivity contribution < 1.29 is 13.2 Å². The normalized spacial score (nSPS) is 10.8. The van der Waals surface area contributed by atoms with Gasteiger partial charge in [0.2, 0.25) is 0 Å². The van der Waals surface area contributed by atoms with Crippen molar-refractivity contribution in [2.75, 3.05) is 0 Å². The van der Waals surface area contributed by atoms with E-state index in [4.69, 9.17) is 0 Å². The van der Waals surface area contributed by atoms with Crippen LogP contribution in [-0.2, 0) is 6.67 Å². The number of halogens is 4. The molecule has 66 valence electrons. The Morgan fingerprint density at radius 1 is 1.50 bits per heavy atom. The molecule has 1 heterocycles. The molecular formula is C7H5F3IN. The van der Waals surface area contributed by atoms with E-state index in [9.17, 15) is 13.2 Å². The van der Waals surface area contributed by atoms with Crippen molar-refractivity contribution in [3.05, 3.63) is 27.1 Å². The van der Waals surface area contributed by atoms with E-state index in [1.807, 2.05) is 0 Å². The van der Waals surface area contributed by atoms with Gasteiger partial charge in [0.1, 0.15) is 12.4 Å². The van der Waals surface area contributed by atoms with Gasteiger partial charge in [0.15, 0.2) is 0 Å². The quantitative estimate of drug-likeness (QED) is 0.762. The molecule has 12 heavy (non-hydrogen) atoms. The molecule has 0 radical (unpaired) electrons. The molecule has 0 saturated carbocycles. The lowest BCUT2D eigenvalue weighted by Crippen LogP contribution is -1.95. The Morgan fingerprint density at radius 2 is 2.17 bits per heavy atom. The number of hydrogen-bond acceptors (Lipinski definition) is 1. The molecule has 0 aliphatic carbocycles. The third-order valence-electron chi connectivity index (χ3n) is 1.29. The van der Waals surface area contributed by atoms with Gasteiger partial charge in [-0.15, -0.1) is 0 Å². The fourth-order valence-electron chi connectivity index (χ4n) is 0.722. The Hall–Kier alpha value is -0.330. The molecular weight excluding hydrogens is 282 g/mol. The largest absolute Gasteiger partial charge is 0.281 e. The zero-order valence-corrected chi connectivity index (χ0v) is 8.06. The van der Waals surface area contributed by atoms with Crippen molar-refractivity contribution >= 4 is 22.6 Å². The Morgan fingerprint density at radius 3 is 2.58 bits per heavy atom. The lowest BCUT2D eigenvalue weighted by atomic mass is 10.3. The van der Waals surface area contributed by atoms with E-state index >= 15 is 0 Å². The molecule has 0 unspecified atom stereocenters. The van der Waals surface area contributed by atoms with Gasteiger partial charge in [-0.3, -0.25) is 4.98 Å². The highest BCUT2D eigenvalue weighted by molar-refractivity contribution is 14.1. The molecule has 0 aromatic carbocycles. The predicted octanol–water partition coefficient (Wildman–Crippen LogP) is 3.09. The molecule has 1 nitrogen and oxygen atoms in total. The van der Waals surface area contributed by atoms with Gasteiger partial charge in [0.05, 0.1) is 0 Å². The van der Waals surface area contributed by atoms with E-state index in [0.717, 1.165) is 6.20 Å². The summed E-state index contributed by atoms with van der Waals surface area (Å²) in [5, 5.41) is 0. The van der Waals surface area contributed by atoms with E-state index in [1.54, 1.807) is 22.6 Å². The maximum absolute atomic E-state index is 12.1. The molecule has 0 saturated heterocycles. The number of rotatable bonds is 2. The van der Waals surface area contributed by atoms with E-state index in [0.29, 0.717) is 9.13 Å². The van der Waals surface area contributed by atoms with E-state index in [1.165, 1.54) is 6.07 Å². The summed E-state index contributed by atoms with van der Waals surface area (Å²) in [6, 6.07) is 1.37. The molecule has 1 rings (SSSR count). The number of pyridine rings is 1. The Bertz CT molecular complexity index is 277. The van der Waals surface area contributed by atoms with Crippen LogP contribution in [-0.4, -0.2) is 4.98 Å². The van der Waals surface area contributed by atoms with Crippen LogP contribution in [0.15, 0.2) is 12.3 Å². The summed E-state index contributed by atoms with van der Waals surface area (Å²) in [4.78, 5) is 3.45. The third-order valence-corrected chi connectivity index (χ3v) is 2.15. The summed E-state index contributed by atoms with van der Waals surface area (Å²) in [6.45, 7) is -0.674. The molecule has 0 amide bonds. The summed E-state index contributed by atoms with van der Waals surface area (Å²) in [6.07, 6.45) is -1.46. The molecule has 1 aromatic rings. The highest BCUT2D eigenvalue weighted by atomic mass is 127. The van der Waals surface area contributed by atoms with Crippen molar-refractivity contribution in [3.8, 4) is 0 Å². The van der Waals surface area contributed by atoms with Gasteiger partial charge in [-0.1, -0.05) is 0 Å². The zero-order chi connectivity index (χ0) is 9.14. The average molecular weight is 287 g/mol. The molecule has 1 aromatic heterocycles. The maximum atomic E-state index is 12.1. The first-order valence-corrected chi connectivity index (χ1v) is 4.21. The molecule has 5 heteroatoms. The molecule has 0 aliphatic heterocycles. The van der Waals surface area contributed by atoms with Crippen LogP contribution in [0, 0.1) is 3.57 Å². The first-order valence-electron chi connectivity index (χ1n) is 3.13. The van der Waals surface area contributed by atoms with Crippen LogP contribution < -0.4 is 0 Å². The predicted molar refractivity (Wildman–Crippen MR) is 46.7 cm³/mol. The minimum absolute atomic E-state index is 0.284. The standard InChI is InChI=1S/C7H5F3IN/c8-2-4-1-5(11)6(7(9)10)12-3-4/h1,3,7H,2H2. The summed E-state index contributed by atoms with van der Waals surface area (Å²) < 4.78 is 36.5. The Kier molecular flexibility index (Phi) is 3.30. The lowest BCUT2D eigenvalue weighted by molar-refractivity contribution is 0.145. The van der Waals surface area contributed by atoms with Crippen molar-refractivity contribution in [2.24, 2.45) is 0 Å². The van der Waals surface area contributed by atoms with Crippen LogP contribution >= 0.6 is 22.6 Å². The SMILES string of the molecule is FCc1cnc(C(F)F)c(I)c1. The van der Waals surface area contributed by atoms with Crippen LogP contribution in [0.3, 0.4) is 0 Å². The minimum atomic E-state index is -2.59. The molecule has 0 aliphatic rings. The van der Waals surface area contributed by atoms with E-state index in [2.05, 4.69) is 4.98 Å². The topological polar surface area (TPSA) is 12.9 Å². The van der Waals surface area contributed by atoms with Gasteiger partial charge in [0.25, 0.3) is 6.43 Å². The first-order chi connectivity index (χ1) is 5.65. The number of aromatic nitrogens is 1. The van der Waals surface area contributed by atoms with E-state index in [-0.39, 0.29) is 5.69 Å². The second-order valence-electron chi connectivity index (χ2n) is 2.14. The number of nitrogens with zero attached hydrogens (tertiary/aromatic N) is 1. The summed E-state index contributed by atoms with van der Waals surface area (Å²) in [7, 11) is 0. The second-order valence-corrected chi connectivity index (χ2v) is 3.31. The van der Waals surface area contributed by atoms with Crippen molar-refractivity contribution in [1.82, 2.24) is 4.98 Å². The highest BCUT2D eigenvalue weighted by Crippen LogP contribution is 2.22. The molecule has 0 fully saturated rings. The second kappa shape index (κ2) is 4.06. The van der Waals surface area contributed by atoms with Gasteiger partial charge in [-0.2, -0.15) is 0 Å². The monoisotopic (exact) mass is 287 g/mol. The summed E-state index contributed by atoms with van der Waals surface area (Å²) in [5.74, 6) is 0. The first kappa shape index (κ1) is 9.76. The van der Waals surface area contributed by atoms with Gasteiger partial charge >= 0.3 is 0 Å². The summed E-state index contributed by atoms with van der Waals surface area (Å²) >= 11 is 1.72. The highest BCUT2D eigenvalue weighted by Gasteiger charge is 2.12. The van der Waals surface area contributed by atoms with Crippen molar-refractivity contribution in [2.45, 2.75) is 13.1 Å². The van der Waals surface area contributed by atoms with Crippen LogP contribution in [0.2, 0.25) is 0 Å².